The molecule has 2 atom stereocenters. The van der Waals surface area contributed by atoms with Gasteiger partial charge in [-0.25, -0.2) is 9.59 Å². The summed E-state index contributed by atoms with van der Waals surface area (Å²) in [6, 6.07) is 0. The van der Waals surface area contributed by atoms with Crippen LogP contribution in [0.15, 0.2) is 25.3 Å². The highest BCUT2D eigenvalue weighted by Crippen LogP contribution is 2.22. The molecule has 9 nitrogen and oxygen atoms in total. The summed E-state index contributed by atoms with van der Waals surface area (Å²) >= 11 is 0. The maximum Gasteiger partial charge on any atom is 0.330 e. The van der Waals surface area contributed by atoms with Gasteiger partial charge in [0.25, 0.3) is 0 Å². The summed E-state index contributed by atoms with van der Waals surface area (Å²) < 4.78 is 25.8. The standard InChI is InChI=1S/C22H32O9/c1-3-18(23)27-12-7-5-9-20(25)30-16-17-11-14-29-22(15-17)31-21(26)10-6-8-13-28-19(24)4-2/h3-4,17,22H,1-2,5-16H2. The van der Waals surface area contributed by atoms with Gasteiger partial charge in [-0.3, -0.25) is 9.59 Å². The molecule has 2 unspecified atom stereocenters. The molecule has 1 aliphatic rings. The van der Waals surface area contributed by atoms with Crippen LogP contribution >= 0.6 is 0 Å². The highest BCUT2D eigenvalue weighted by Gasteiger charge is 2.26. The summed E-state index contributed by atoms with van der Waals surface area (Å²) in [4.78, 5) is 45.6. The highest BCUT2D eigenvalue weighted by molar-refractivity contribution is 5.81. The number of carbonyl (C=O) groups excluding carboxylic acids is 4. The summed E-state index contributed by atoms with van der Waals surface area (Å²) in [7, 11) is 0. The van der Waals surface area contributed by atoms with Crippen LogP contribution in [0.5, 0.6) is 0 Å². The summed E-state index contributed by atoms with van der Waals surface area (Å²) in [5, 5.41) is 0. The molecular weight excluding hydrogens is 408 g/mol. The average molecular weight is 440 g/mol. The fourth-order valence-electron chi connectivity index (χ4n) is 2.75. The van der Waals surface area contributed by atoms with Gasteiger partial charge >= 0.3 is 23.9 Å². The first-order valence-electron chi connectivity index (χ1n) is 10.5. The number of ether oxygens (including phenoxy) is 5. The van der Waals surface area contributed by atoms with Crippen molar-refractivity contribution in [2.24, 2.45) is 5.92 Å². The number of carbonyl (C=O) groups is 4. The van der Waals surface area contributed by atoms with Gasteiger partial charge in [0.15, 0.2) is 0 Å². The first-order chi connectivity index (χ1) is 14.9. The largest absolute Gasteiger partial charge is 0.465 e. The highest BCUT2D eigenvalue weighted by atomic mass is 16.7. The SMILES string of the molecule is C=CC(=O)OCCCCC(=O)OCC1CCOC(OC(=O)CCCCOC(=O)C=C)C1. The van der Waals surface area contributed by atoms with Crippen molar-refractivity contribution >= 4 is 23.9 Å². The van der Waals surface area contributed by atoms with Crippen LogP contribution in [0.25, 0.3) is 0 Å². The van der Waals surface area contributed by atoms with E-state index < -0.39 is 18.2 Å². The van der Waals surface area contributed by atoms with E-state index in [-0.39, 0.29) is 50.5 Å². The number of hydrogen-bond acceptors (Lipinski definition) is 9. The molecule has 1 rings (SSSR count). The maximum absolute atomic E-state index is 11.9. The average Bonchev–Trinajstić information content (AvgIpc) is 2.77. The molecule has 0 amide bonds. The zero-order valence-electron chi connectivity index (χ0n) is 17.9. The van der Waals surface area contributed by atoms with Crippen molar-refractivity contribution in [1.29, 1.82) is 0 Å². The van der Waals surface area contributed by atoms with Crippen LogP contribution in [0.4, 0.5) is 0 Å². The lowest BCUT2D eigenvalue weighted by atomic mass is 10.0. The van der Waals surface area contributed by atoms with Crippen molar-refractivity contribution < 1.29 is 42.9 Å². The van der Waals surface area contributed by atoms with Crippen molar-refractivity contribution in [3.8, 4) is 0 Å². The zero-order chi connectivity index (χ0) is 22.9. The molecule has 1 fully saturated rings. The van der Waals surface area contributed by atoms with Gasteiger partial charge in [0.2, 0.25) is 6.29 Å². The summed E-state index contributed by atoms with van der Waals surface area (Å²) in [5.74, 6) is -1.60. The molecule has 0 radical (unpaired) electrons. The van der Waals surface area contributed by atoms with Crippen LogP contribution in [0, 0.1) is 5.92 Å². The maximum atomic E-state index is 11.9. The van der Waals surface area contributed by atoms with E-state index >= 15 is 0 Å². The molecule has 0 aromatic rings. The first kappa shape index (κ1) is 26.4. The molecule has 0 N–H and O–H groups in total. The van der Waals surface area contributed by atoms with Gasteiger partial charge in [-0.2, -0.15) is 0 Å². The Morgan fingerprint density at radius 1 is 0.839 bits per heavy atom. The van der Waals surface area contributed by atoms with E-state index in [0.717, 1.165) is 12.2 Å². The zero-order valence-corrected chi connectivity index (χ0v) is 17.9. The Hall–Kier alpha value is -2.68. The molecule has 9 heteroatoms. The Morgan fingerprint density at radius 2 is 1.42 bits per heavy atom. The lowest BCUT2D eigenvalue weighted by molar-refractivity contribution is -0.195. The molecule has 31 heavy (non-hydrogen) atoms. The van der Waals surface area contributed by atoms with E-state index in [2.05, 4.69) is 13.2 Å². The minimum Gasteiger partial charge on any atom is -0.465 e. The summed E-state index contributed by atoms with van der Waals surface area (Å²) in [5.41, 5.74) is 0. The number of esters is 4. The normalized spacial score (nSPS) is 17.8. The Labute approximate surface area is 182 Å². The van der Waals surface area contributed by atoms with Crippen molar-refractivity contribution in [2.75, 3.05) is 26.4 Å². The fraction of sp³-hybridized carbons (Fsp3) is 0.636. The Kier molecular flexibility index (Phi) is 13.7. The molecule has 0 aromatic heterocycles. The molecule has 0 bridgehead atoms. The molecule has 1 aliphatic heterocycles. The fourth-order valence-corrected chi connectivity index (χ4v) is 2.75. The Morgan fingerprint density at radius 3 is 2.00 bits per heavy atom. The predicted molar refractivity (Wildman–Crippen MR) is 110 cm³/mol. The first-order valence-corrected chi connectivity index (χ1v) is 10.5. The second-order valence-corrected chi connectivity index (χ2v) is 7.02. The van der Waals surface area contributed by atoms with Crippen molar-refractivity contribution in [3.05, 3.63) is 25.3 Å². The van der Waals surface area contributed by atoms with Gasteiger partial charge < -0.3 is 23.7 Å². The lowest BCUT2D eigenvalue weighted by Gasteiger charge is -2.28. The van der Waals surface area contributed by atoms with Crippen LogP contribution in [-0.4, -0.2) is 56.6 Å². The van der Waals surface area contributed by atoms with Crippen LogP contribution in [0.1, 0.15) is 51.4 Å². The topological polar surface area (TPSA) is 114 Å². The molecule has 0 spiro atoms. The molecule has 0 saturated carbocycles. The quantitative estimate of drug-likeness (QED) is 0.164. The van der Waals surface area contributed by atoms with E-state index in [4.69, 9.17) is 23.7 Å². The smallest absolute Gasteiger partial charge is 0.330 e. The molecule has 1 heterocycles. The van der Waals surface area contributed by atoms with Gasteiger partial charge in [-0.15, -0.1) is 0 Å². The molecule has 0 aliphatic carbocycles. The molecule has 1 saturated heterocycles. The number of hydrogen-bond donors (Lipinski definition) is 0. The van der Waals surface area contributed by atoms with Crippen molar-refractivity contribution in [3.63, 3.8) is 0 Å². The van der Waals surface area contributed by atoms with Crippen molar-refractivity contribution in [2.45, 2.75) is 57.7 Å². The third kappa shape index (κ3) is 13.3. The summed E-state index contributed by atoms with van der Waals surface area (Å²) in [6.07, 6.45) is 5.37. The van der Waals surface area contributed by atoms with Crippen LogP contribution in [0.3, 0.4) is 0 Å². The minimum absolute atomic E-state index is 0.0577. The predicted octanol–water partition coefficient (Wildman–Crippen LogP) is 2.62. The van der Waals surface area contributed by atoms with Crippen LogP contribution in [-0.2, 0) is 42.9 Å². The van der Waals surface area contributed by atoms with Gasteiger partial charge in [-0.1, -0.05) is 13.2 Å². The third-order valence-corrected chi connectivity index (χ3v) is 4.47. The Bertz CT molecular complexity index is 614. The molecule has 0 aromatic carbocycles. The lowest BCUT2D eigenvalue weighted by Crippen LogP contribution is -2.32. The van der Waals surface area contributed by atoms with E-state index in [1.165, 1.54) is 0 Å². The van der Waals surface area contributed by atoms with Gasteiger partial charge in [0.05, 0.1) is 26.4 Å². The molecule has 174 valence electrons. The van der Waals surface area contributed by atoms with Gasteiger partial charge in [0.1, 0.15) is 0 Å². The van der Waals surface area contributed by atoms with Crippen LogP contribution < -0.4 is 0 Å². The van der Waals surface area contributed by atoms with E-state index in [0.29, 0.717) is 45.1 Å². The van der Waals surface area contributed by atoms with Gasteiger partial charge in [-0.05, 0) is 32.1 Å². The van der Waals surface area contributed by atoms with Crippen LogP contribution in [0.2, 0.25) is 0 Å². The van der Waals surface area contributed by atoms with E-state index in [1.54, 1.807) is 0 Å². The monoisotopic (exact) mass is 440 g/mol. The molecular formula is C22H32O9. The number of rotatable bonds is 15. The summed E-state index contributed by atoms with van der Waals surface area (Å²) in [6.45, 7) is 7.74. The third-order valence-electron chi connectivity index (χ3n) is 4.47. The van der Waals surface area contributed by atoms with E-state index in [1.807, 2.05) is 0 Å². The second kappa shape index (κ2) is 16.1. The number of unbranched alkanes of at least 4 members (excludes halogenated alkanes) is 2. The Balaban J connectivity index is 2.12. The van der Waals surface area contributed by atoms with Gasteiger partial charge in [0, 0.05) is 37.3 Å². The van der Waals surface area contributed by atoms with Crippen molar-refractivity contribution in [1.82, 2.24) is 0 Å². The minimum atomic E-state index is -0.650. The van der Waals surface area contributed by atoms with E-state index in [9.17, 15) is 19.2 Å². The second-order valence-electron chi connectivity index (χ2n) is 7.02.